The van der Waals surface area contributed by atoms with Crippen LogP contribution in [-0.2, 0) is 37.0 Å². The van der Waals surface area contributed by atoms with Crippen LogP contribution in [0.25, 0.3) is 0 Å². The van der Waals surface area contributed by atoms with Crippen LogP contribution in [0, 0.1) is 27.2 Å². The molecule has 1 N–H and O–H groups in total. The fourth-order valence-corrected chi connectivity index (χ4v) is 5.43. The number of aryl methyl sites for hydroxylation is 1. The van der Waals surface area contributed by atoms with Crippen molar-refractivity contribution in [2.45, 2.75) is 37.2 Å². The Kier molecular flexibility index (Phi) is 14.1. The van der Waals surface area contributed by atoms with Crippen LogP contribution in [0.5, 0.6) is 23.0 Å². The SMILES string of the molecule is Cc1ccc(S(=O)(=O)OC[C@H]2CO2)cc1.O=[N+]([O-])c1ccc(O)c(OCc2ccccc2)c1.O=[N+]([O-])c1ccc(OC[C@H]2CO2)c(OCc2ccccc2)c1. The molecule has 2 heterocycles. The lowest BCUT2D eigenvalue weighted by Gasteiger charge is -2.12. The Labute approximate surface area is 317 Å². The molecule has 2 fully saturated rings. The molecular formula is C39H38N2O13S. The van der Waals surface area contributed by atoms with Crippen molar-refractivity contribution in [2.24, 2.45) is 0 Å². The first-order valence-corrected chi connectivity index (χ1v) is 18.3. The second-order valence-electron chi connectivity index (χ2n) is 12.1. The van der Waals surface area contributed by atoms with Gasteiger partial charge in [-0.25, -0.2) is 0 Å². The average molecular weight is 775 g/mol. The smallest absolute Gasteiger partial charge is 0.297 e. The van der Waals surface area contributed by atoms with E-state index in [-0.39, 0.29) is 53.2 Å². The summed E-state index contributed by atoms with van der Waals surface area (Å²) in [7, 11) is -3.61. The minimum atomic E-state index is -3.61. The number of rotatable bonds is 15. The number of epoxide rings is 2. The zero-order valence-corrected chi connectivity index (χ0v) is 30.4. The van der Waals surface area contributed by atoms with Gasteiger partial charge in [0.15, 0.2) is 23.0 Å². The van der Waals surface area contributed by atoms with Crippen molar-refractivity contribution in [3.05, 3.63) is 158 Å². The van der Waals surface area contributed by atoms with E-state index < -0.39 is 20.0 Å². The molecule has 2 aliphatic rings. The van der Waals surface area contributed by atoms with Crippen molar-refractivity contribution in [1.82, 2.24) is 0 Å². The molecule has 0 bridgehead atoms. The normalized spacial score (nSPS) is 15.2. The van der Waals surface area contributed by atoms with Crippen LogP contribution in [0.15, 0.2) is 126 Å². The van der Waals surface area contributed by atoms with E-state index in [0.717, 1.165) is 16.7 Å². The standard InChI is InChI=1S/C16H15NO5.C13H11NO4.C10H12O4S/c18-17(19)13-6-7-15(22-11-14-10-20-14)16(8-13)21-9-12-4-2-1-3-5-12;15-12-7-6-11(14(16)17)8-13(12)18-9-10-4-2-1-3-5-10;1-8-2-4-10(5-3-8)15(11,12)14-7-9-6-13-9/h1-8,14H,9-11H2;1-8,15H,9H2;2-5,9H,6-7H2,1H3/t14-;;9-/m1.1/s1. The van der Waals surface area contributed by atoms with Gasteiger partial charge in [0.05, 0.1) is 46.7 Å². The highest BCUT2D eigenvalue weighted by molar-refractivity contribution is 7.86. The highest BCUT2D eigenvalue weighted by Gasteiger charge is 2.27. The van der Waals surface area contributed by atoms with E-state index in [2.05, 4.69) is 0 Å². The van der Waals surface area contributed by atoms with Gasteiger partial charge in [-0.3, -0.25) is 24.4 Å². The first-order chi connectivity index (χ1) is 26.5. The van der Waals surface area contributed by atoms with Crippen molar-refractivity contribution in [3.63, 3.8) is 0 Å². The van der Waals surface area contributed by atoms with E-state index in [1.165, 1.54) is 30.3 Å². The molecular weight excluding hydrogens is 736 g/mol. The molecule has 16 heteroatoms. The average Bonchev–Trinajstić information content (AvgIpc) is 4.13. The van der Waals surface area contributed by atoms with Gasteiger partial charge in [-0.1, -0.05) is 78.4 Å². The van der Waals surface area contributed by atoms with E-state index in [1.54, 1.807) is 30.3 Å². The lowest BCUT2D eigenvalue weighted by Crippen LogP contribution is -2.10. The summed E-state index contributed by atoms with van der Waals surface area (Å²) in [6, 6.07) is 33.5. The third-order valence-electron chi connectivity index (χ3n) is 7.71. The Morgan fingerprint density at radius 2 is 1.15 bits per heavy atom. The second kappa shape index (κ2) is 19.3. The van der Waals surface area contributed by atoms with Gasteiger partial charge in [-0.2, -0.15) is 8.42 Å². The molecule has 0 saturated carbocycles. The number of nitro groups is 2. The second-order valence-corrected chi connectivity index (χ2v) is 13.7. The molecule has 5 aromatic rings. The number of phenolic OH excluding ortho intramolecular Hbond substituents is 1. The summed E-state index contributed by atoms with van der Waals surface area (Å²) < 4.78 is 54.6. The molecule has 0 spiro atoms. The van der Waals surface area contributed by atoms with E-state index in [0.29, 0.717) is 37.9 Å². The van der Waals surface area contributed by atoms with Gasteiger partial charge in [-0.05, 0) is 42.3 Å². The van der Waals surface area contributed by atoms with Crippen LogP contribution in [0.2, 0.25) is 0 Å². The Morgan fingerprint density at radius 3 is 1.67 bits per heavy atom. The summed E-state index contributed by atoms with van der Waals surface area (Å²) in [4.78, 5) is 20.7. The molecule has 0 amide bonds. The van der Waals surface area contributed by atoms with Gasteiger partial charge in [0, 0.05) is 12.1 Å². The number of benzene rings is 5. The highest BCUT2D eigenvalue weighted by Crippen LogP contribution is 2.33. The van der Waals surface area contributed by atoms with Gasteiger partial charge in [-0.15, -0.1) is 0 Å². The maximum Gasteiger partial charge on any atom is 0.297 e. The number of phenols is 1. The molecule has 55 heavy (non-hydrogen) atoms. The molecule has 5 aromatic carbocycles. The number of ether oxygens (including phenoxy) is 5. The summed E-state index contributed by atoms with van der Waals surface area (Å²) in [6.45, 7) is 4.26. The molecule has 0 unspecified atom stereocenters. The van der Waals surface area contributed by atoms with Crippen molar-refractivity contribution >= 4 is 21.5 Å². The predicted octanol–water partition coefficient (Wildman–Crippen LogP) is 6.93. The van der Waals surface area contributed by atoms with Crippen molar-refractivity contribution in [1.29, 1.82) is 0 Å². The van der Waals surface area contributed by atoms with E-state index in [9.17, 15) is 33.8 Å². The van der Waals surface area contributed by atoms with Crippen molar-refractivity contribution in [2.75, 3.05) is 26.4 Å². The molecule has 0 aliphatic carbocycles. The first kappa shape index (κ1) is 40.1. The van der Waals surface area contributed by atoms with Crippen LogP contribution >= 0.6 is 0 Å². The maximum absolute atomic E-state index is 11.6. The van der Waals surface area contributed by atoms with Crippen molar-refractivity contribution < 1.29 is 51.2 Å². The fourth-order valence-electron chi connectivity index (χ4n) is 4.49. The molecule has 288 valence electrons. The largest absolute Gasteiger partial charge is 0.504 e. The molecule has 2 atom stereocenters. The number of nitro benzene ring substituents is 2. The topological polar surface area (TPSA) is 203 Å². The Morgan fingerprint density at radius 1 is 0.655 bits per heavy atom. The number of hydrogen-bond donors (Lipinski definition) is 1. The monoisotopic (exact) mass is 774 g/mol. The first-order valence-electron chi connectivity index (χ1n) is 16.9. The predicted molar refractivity (Wildman–Crippen MR) is 199 cm³/mol. The van der Waals surface area contributed by atoms with Gasteiger partial charge >= 0.3 is 0 Å². The summed E-state index contributed by atoms with van der Waals surface area (Å²) in [5, 5.41) is 31.1. The number of hydrogen-bond acceptors (Lipinski definition) is 13. The molecule has 0 radical (unpaired) electrons. The van der Waals surface area contributed by atoms with Crippen LogP contribution in [0.3, 0.4) is 0 Å². The summed E-state index contributed by atoms with van der Waals surface area (Å²) in [5.41, 5.74) is 2.77. The third kappa shape index (κ3) is 13.4. The number of non-ortho nitro benzene ring substituents is 2. The van der Waals surface area contributed by atoms with E-state index in [4.69, 9.17) is 27.9 Å². The molecule has 7 rings (SSSR count). The minimum Gasteiger partial charge on any atom is -0.504 e. The van der Waals surface area contributed by atoms with Crippen molar-refractivity contribution in [3.8, 4) is 23.0 Å². The Balaban J connectivity index is 0.000000161. The number of nitrogens with zero attached hydrogens (tertiary/aromatic N) is 2. The van der Waals surface area contributed by atoms with Gasteiger partial charge in [0.1, 0.15) is 32.0 Å². The summed E-state index contributed by atoms with van der Waals surface area (Å²) in [6.07, 6.45) is 0.0578. The zero-order valence-electron chi connectivity index (χ0n) is 29.6. The molecule has 0 aromatic heterocycles. The summed E-state index contributed by atoms with van der Waals surface area (Å²) in [5.74, 6) is 0.834. The van der Waals surface area contributed by atoms with Crippen LogP contribution in [-0.4, -0.2) is 62.0 Å². The zero-order chi connectivity index (χ0) is 39.2. The van der Waals surface area contributed by atoms with Crippen LogP contribution in [0.4, 0.5) is 11.4 Å². The maximum atomic E-state index is 11.6. The lowest BCUT2D eigenvalue weighted by atomic mass is 10.2. The Bertz CT molecular complexity index is 2130. The highest BCUT2D eigenvalue weighted by atomic mass is 32.2. The van der Waals surface area contributed by atoms with Crippen LogP contribution < -0.4 is 14.2 Å². The molecule has 15 nitrogen and oxygen atoms in total. The van der Waals surface area contributed by atoms with E-state index >= 15 is 0 Å². The van der Waals surface area contributed by atoms with Crippen LogP contribution in [0.1, 0.15) is 16.7 Å². The summed E-state index contributed by atoms with van der Waals surface area (Å²) >= 11 is 0. The third-order valence-corrected chi connectivity index (χ3v) is 9.01. The molecule has 2 saturated heterocycles. The minimum absolute atomic E-state index is 0.0296. The lowest BCUT2D eigenvalue weighted by molar-refractivity contribution is -0.385. The molecule has 2 aliphatic heterocycles. The van der Waals surface area contributed by atoms with E-state index in [1.807, 2.05) is 67.6 Å². The number of aromatic hydroxyl groups is 1. The van der Waals surface area contributed by atoms with Gasteiger partial charge in [0.25, 0.3) is 21.5 Å². The Hall–Kier alpha value is -6.07. The van der Waals surface area contributed by atoms with Gasteiger partial charge < -0.3 is 28.8 Å². The quantitative estimate of drug-likeness (QED) is 0.0497. The fraction of sp³-hybridized carbons (Fsp3) is 0.231. The van der Waals surface area contributed by atoms with Gasteiger partial charge in [0.2, 0.25) is 0 Å².